The fraction of sp³-hybridized carbons (Fsp3) is 0.769. The van der Waals surface area contributed by atoms with E-state index in [1.54, 1.807) is 52.0 Å². The molecule has 0 aromatic heterocycles. The van der Waals surface area contributed by atoms with Crippen molar-refractivity contribution in [3.63, 3.8) is 0 Å². The smallest absolute Gasteiger partial charge is 0.497 e. The number of hydrogen-bond donors (Lipinski definition) is 3. The Balaban J connectivity index is 1.70. The first-order chi connectivity index (χ1) is 25.2. The minimum Gasteiger partial charge on any atom is -0.497 e. The number of aliphatic hydroxyl groups excluding tert-OH is 1. The molecule has 0 radical (unpaired) electrons. The first kappa shape index (κ1) is 43.5. The van der Waals surface area contributed by atoms with Crippen LogP contribution in [0.25, 0.3) is 0 Å². The minimum atomic E-state index is -1.60. The topological polar surface area (TPSA) is 175 Å². The van der Waals surface area contributed by atoms with Gasteiger partial charge in [-0.25, -0.2) is 9.59 Å². The van der Waals surface area contributed by atoms with Gasteiger partial charge in [-0.05, 0) is 93.1 Å². The van der Waals surface area contributed by atoms with Gasteiger partial charge in [-0.1, -0.05) is 26.8 Å². The van der Waals surface area contributed by atoms with Gasteiger partial charge in [0.1, 0.15) is 11.9 Å². The van der Waals surface area contributed by atoms with E-state index in [2.05, 4.69) is 5.32 Å². The zero-order valence-corrected chi connectivity index (χ0v) is 33.9. The number of ether oxygens (including phenoxy) is 7. The number of nitrogens with zero attached hydrogens (tertiary/aromatic N) is 2. The molecule has 15 heteroatoms. The predicted molar refractivity (Wildman–Crippen MR) is 199 cm³/mol. The lowest BCUT2D eigenvalue weighted by Gasteiger charge is -2.47. The van der Waals surface area contributed by atoms with Crippen molar-refractivity contribution < 1.29 is 57.8 Å². The van der Waals surface area contributed by atoms with Gasteiger partial charge in [0.15, 0.2) is 24.1 Å². The van der Waals surface area contributed by atoms with E-state index < -0.39 is 78.1 Å². The van der Waals surface area contributed by atoms with Crippen LogP contribution in [0.5, 0.6) is 5.75 Å². The van der Waals surface area contributed by atoms with E-state index in [-0.39, 0.29) is 30.5 Å². The van der Waals surface area contributed by atoms with Crippen molar-refractivity contribution in [2.75, 3.05) is 40.1 Å². The van der Waals surface area contributed by atoms with Crippen LogP contribution in [-0.4, -0.2) is 139 Å². The number of nitrogens with one attached hydrogen (secondary N) is 1. The molecule has 0 unspecified atom stereocenters. The van der Waals surface area contributed by atoms with Crippen LogP contribution in [0.1, 0.15) is 74.7 Å². The van der Waals surface area contributed by atoms with Gasteiger partial charge >= 0.3 is 18.2 Å². The summed E-state index contributed by atoms with van der Waals surface area (Å²) in [7, 11) is 7.18. The number of anilines is 1. The van der Waals surface area contributed by atoms with Crippen LogP contribution in [0, 0.1) is 17.8 Å². The van der Waals surface area contributed by atoms with Crippen molar-refractivity contribution in [1.29, 1.82) is 0 Å². The van der Waals surface area contributed by atoms with Crippen LogP contribution < -0.4 is 10.1 Å². The van der Waals surface area contributed by atoms with E-state index in [1.165, 1.54) is 7.11 Å². The van der Waals surface area contributed by atoms with Crippen LogP contribution in [0.2, 0.25) is 0 Å². The molecule has 1 aromatic carbocycles. The molecule has 3 aliphatic rings. The average Bonchev–Trinajstić information content (AvgIpc) is 3.41. The number of hydrogen-bond acceptors (Lipinski definition) is 14. The zero-order chi connectivity index (χ0) is 40.3. The van der Waals surface area contributed by atoms with E-state index >= 15 is 0 Å². The molecule has 0 spiro atoms. The molecule has 3 fully saturated rings. The molecule has 4 rings (SSSR count). The maximum Gasteiger partial charge on any atom is 0.509 e. The number of aliphatic hydroxyl groups is 2. The van der Waals surface area contributed by atoms with Gasteiger partial charge in [-0.3, -0.25) is 15.0 Å². The molecule has 3 saturated heterocycles. The van der Waals surface area contributed by atoms with Gasteiger partial charge in [0.2, 0.25) is 0 Å². The van der Waals surface area contributed by atoms with E-state index in [1.807, 2.05) is 58.6 Å². The highest BCUT2D eigenvalue weighted by atomic mass is 16.8. The normalized spacial score (nSPS) is 40.0. The molecule has 0 aliphatic carbocycles. The summed E-state index contributed by atoms with van der Waals surface area (Å²) in [6.07, 6.45) is -7.10. The molecule has 306 valence electrons. The summed E-state index contributed by atoms with van der Waals surface area (Å²) in [5.41, 5.74) is -2.42. The second-order valence-corrected chi connectivity index (χ2v) is 16.3. The highest BCUT2D eigenvalue weighted by molar-refractivity contribution is 5.85. The number of methoxy groups -OCH3 is 1. The van der Waals surface area contributed by atoms with Gasteiger partial charge in [0.25, 0.3) is 0 Å². The first-order valence-electron chi connectivity index (χ1n) is 19.0. The van der Waals surface area contributed by atoms with Gasteiger partial charge in [-0.2, -0.15) is 0 Å². The maximum absolute atomic E-state index is 13.8. The molecule has 1 amide bonds. The van der Waals surface area contributed by atoms with E-state index in [0.717, 1.165) is 0 Å². The number of amides is 1. The number of cyclic esters (lactones) is 1. The van der Waals surface area contributed by atoms with Crippen molar-refractivity contribution in [3.05, 3.63) is 24.3 Å². The summed E-state index contributed by atoms with van der Waals surface area (Å²) in [6, 6.07) is 6.17. The Morgan fingerprint density at radius 1 is 1.11 bits per heavy atom. The summed E-state index contributed by atoms with van der Waals surface area (Å²) in [4.78, 5) is 43.7. The van der Waals surface area contributed by atoms with Crippen LogP contribution in [0.15, 0.2) is 24.3 Å². The summed E-state index contributed by atoms with van der Waals surface area (Å²) in [5, 5.41) is 27.0. The third-order valence-electron chi connectivity index (χ3n) is 11.5. The van der Waals surface area contributed by atoms with E-state index in [0.29, 0.717) is 30.8 Å². The van der Waals surface area contributed by atoms with Crippen molar-refractivity contribution in [3.8, 4) is 5.75 Å². The number of carbonyl (C=O) groups is 3. The van der Waals surface area contributed by atoms with E-state index in [4.69, 9.17) is 33.2 Å². The van der Waals surface area contributed by atoms with Crippen molar-refractivity contribution >= 4 is 23.9 Å². The Hall–Kier alpha value is -3.21. The Bertz CT molecular complexity index is 1440. The van der Waals surface area contributed by atoms with Crippen molar-refractivity contribution in [2.24, 2.45) is 17.8 Å². The number of benzene rings is 1. The molecule has 3 aliphatic heterocycles. The molecular formula is C39H63N3O12. The second-order valence-electron chi connectivity index (χ2n) is 16.3. The number of fused-ring (bicyclic) bond motifs is 1. The van der Waals surface area contributed by atoms with Crippen LogP contribution in [0.3, 0.4) is 0 Å². The van der Waals surface area contributed by atoms with Crippen molar-refractivity contribution in [2.45, 2.75) is 141 Å². The number of rotatable bonds is 7. The van der Waals surface area contributed by atoms with Crippen LogP contribution >= 0.6 is 0 Å². The second kappa shape index (κ2) is 17.7. The number of esters is 1. The lowest BCUT2D eigenvalue weighted by atomic mass is 9.78. The fourth-order valence-electron chi connectivity index (χ4n) is 8.43. The SMILES string of the molecule is CC[C@H]1OC(=O)[C@H](C)[C@@H](O)[C@H](C)[C@@H](O[C@@H]2O[C@H](C)C[C@H](N(C)C)[C@H]2OC(=O)Nc2cccc(OC)c2)[C@](C)(O)C[C@@H](C)CN(C)[C@H](C)[C@H]2OC(=O)O[C@@]21C. The highest BCUT2D eigenvalue weighted by Gasteiger charge is 2.58. The largest absolute Gasteiger partial charge is 0.509 e. The average molecular weight is 766 g/mol. The van der Waals surface area contributed by atoms with Gasteiger partial charge in [0.05, 0.1) is 43.0 Å². The lowest BCUT2D eigenvalue weighted by Crippen LogP contribution is -2.60. The Kier molecular flexibility index (Phi) is 14.3. The van der Waals surface area contributed by atoms with Crippen LogP contribution in [-0.2, 0) is 33.2 Å². The third-order valence-corrected chi connectivity index (χ3v) is 11.5. The van der Waals surface area contributed by atoms with Crippen molar-refractivity contribution in [1.82, 2.24) is 9.80 Å². The molecule has 0 bridgehead atoms. The molecular weight excluding hydrogens is 702 g/mol. The third kappa shape index (κ3) is 9.77. The zero-order valence-electron chi connectivity index (χ0n) is 33.9. The molecule has 14 atom stereocenters. The lowest BCUT2D eigenvalue weighted by molar-refractivity contribution is -0.297. The monoisotopic (exact) mass is 765 g/mol. The number of carbonyl (C=O) groups excluding carboxylic acids is 3. The molecule has 0 saturated carbocycles. The molecule has 3 heterocycles. The number of likely N-dealkylation sites (N-methyl/N-ethyl adjacent to an activating group) is 2. The maximum atomic E-state index is 13.8. The standard InChI is InChI=1S/C39H63N3O12/c1-13-29-39(8)33(53-37(46)54-39)25(6)42(11)20-21(2)19-38(7,47)32(23(4)30(43)24(5)34(44)50-29)52-35-31(28(41(9)10)17-22(3)49-35)51-36(45)40-26-15-14-16-27(18-26)48-12/h14-16,18,21-25,28-33,35,43,47H,13,17,19-20H2,1-12H3,(H,40,45)/t21-,22-,23+,24-,25-,28+,29-,30+,31-,32-,33-,35+,38-,39-/m1/s1. The fourth-order valence-corrected chi connectivity index (χ4v) is 8.43. The highest BCUT2D eigenvalue weighted by Crippen LogP contribution is 2.40. The van der Waals surface area contributed by atoms with Gasteiger partial charge in [-0.15, -0.1) is 0 Å². The minimum absolute atomic E-state index is 0.143. The summed E-state index contributed by atoms with van der Waals surface area (Å²) in [5.74, 6) is -2.24. The van der Waals surface area contributed by atoms with Gasteiger partial charge in [0, 0.05) is 30.3 Å². The molecule has 15 nitrogen and oxygen atoms in total. The summed E-state index contributed by atoms with van der Waals surface area (Å²) in [6.45, 7) is 14.7. The van der Waals surface area contributed by atoms with Gasteiger partial charge < -0.3 is 48.3 Å². The molecule has 1 aromatic rings. The summed E-state index contributed by atoms with van der Waals surface area (Å²) >= 11 is 0. The Labute approximate surface area is 319 Å². The quantitative estimate of drug-likeness (QED) is 0.263. The summed E-state index contributed by atoms with van der Waals surface area (Å²) < 4.78 is 41.9. The van der Waals surface area contributed by atoms with E-state index in [9.17, 15) is 24.6 Å². The Morgan fingerprint density at radius 2 is 1.80 bits per heavy atom. The predicted octanol–water partition coefficient (Wildman–Crippen LogP) is 4.42. The van der Waals surface area contributed by atoms with Crippen LogP contribution in [0.4, 0.5) is 15.3 Å². The molecule has 54 heavy (non-hydrogen) atoms. The Morgan fingerprint density at radius 3 is 2.43 bits per heavy atom. The first-order valence-corrected chi connectivity index (χ1v) is 19.0. The molecule has 3 N–H and O–H groups in total.